The fourth-order valence-corrected chi connectivity index (χ4v) is 5.16. The van der Waals surface area contributed by atoms with E-state index in [2.05, 4.69) is 4.99 Å². The molecule has 0 N–H and O–H groups in total. The number of fused-ring (bicyclic) bond motifs is 1. The number of aromatic nitrogens is 1. The molecule has 3 heterocycles. The van der Waals surface area contributed by atoms with Crippen LogP contribution in [0.1, 0.15) is 45.1 Å². The molecule has 0 saturated carbocycles. The van der Waals surface area contributed by atoms with Crippen LogP contribution in [0, 0.1) is 0 Å². The summed E-state index contributed by atoms with van der Waals surface area (Å²) in [6, 6.07) is 8.34. The monoisotopic (exact) mass is 525 g/mol. The minimum absolute atomic E-state index is 0.201. The van der Waals surface area contributed by atoms with E-state index in [0.717, 1.165) is 0 Å². The Morgan fingerprint density at radius 2 is 1.84 bits per heavy atom. The van der Waals surface area contributed by atoms with Crippen molar-refractivity contribution in [3.05, 3.63) is 72.6 Å². The minimum atomic E-state index is -0.749. The van der Waals surface area contributed by atoms with Crippen LogP contribution in [0.4, 0.5) is 5.88 Å². The first-order chi connectivity index (χ1) is 17.8. The Morgan fingerprint density at radius 3 is 2.49 bits per heavy atom. The van der Waals surface area contributed by atoms with E-state index in [1.165, 1.54) is 15.9 Å². The number of furan rings is 1. The number of carbonyl (C=O) groups excluding carboxylic acids is 1. The number of nitrogens with zero attached hydrogens (tertiary/aromatic N) is 3. The Kier molecular flexibility index (Phi) is 7.87. The third-order valence-electron chi connectivity index (χ3n) is 5.73. The second-order valence-electron chi connectivity index (χ2n) is 8.44. The molecule has 10 heteroatoms. The number of thiazole rings is 1. The summed E-state index contributed by atoms with van der Waals surface area (Å²) in [7, 11) is 3.76. The molecule has 0 amide bonds. The summed E-state index contributed by atoms with van der Waals surface area (Å²) in [5.41, 5.74) is 1.21. The van der Waals surface area contributed by atoms with E-state index in [0.29, 0.717) is 62.5 Å². The van der Waals surface area contributed by atoms with Gasteiger partial charge in [0.1, 0.15) is 5.76 Å². The number of rotatable bonds is 9. The normalized spacial score (nSPS) is 15.3. The van der Waals surface area contributed by atoms with Crippen molar-refractivity contribution in [2.24, 2.45) is 4.99 Å². The zero-order chi connectivity index (χ0) is 26.7. The van der Waals surface area contributed by atoms with Crippen LogP contribution in [-0.2, 0) is 9.53 Å². The smallest absolute Gasteiger partial charge is 0.338 e. The lowest BCUT2D eigenvalue weighted by Gasteiger charge is -2.25. The van der Waals surface area contributed by atoms with E-state index in [4.69, 9.17) is 18.6 Å². The zero-order valence-corrected chi connectivity index (χ0v) is 22.7. The molecule has 0 aliphatic carbocycles. The Balaban J connectivity index is 1.93. The molecular weight excluding hydrogens is 494 g/mol. The highest BCUT2D eigenvalue weighted by Crippen LogP contribution is 2.36. The van der Waals surface area contributed by atoms with Gasteiger partial charge in [-0.05, 0) is 51.5 Å². The Morgan fingerprint density at radius 1 is 1.11 bits per heavy atom. The van der Waals surface area contributed by atoms with Gasteiger partial charge in [0, 0.05) is 26.2 Å². The van der Waals surface area contributed by atoms with Gasteiger partial charge < -0.3 is 23.5 Å². The highest BCUT2D eigenvalue weighted by molar-refractivity contribution is 7.07. The first-order valence-electron chi connectivity index (χ1n) is 12.1. The lowest BCUT2D eigenvalue weighted by molar-refractivity contribution is -0.139. The first-order valence-corrected chi connectivity index (χ1v) is 13.0. The third-order valence-corrected chi connectivity index (χ3v) is 6.71. The summed E-state index contributed by atoms with van der Waals surface area (Å²) in [6.45, 7) is 8.39. The molecule has 9 nitrogen and oxygen atoms in total. The second kappa shape index (κ2) is 11.1. The lowest BCUT2D eigenvalue weighted by atomic mass is 9.95. The molecule has 1 aliphatic heterocycles. The van der Waals surface area contributed by atoms with Crippen LogP contribution >= 0.6 is 11.3 Å². The Labute approximate surface area is 218 Å². The Hall–Kier alpha value is -3.79. The molecule has 1 aliphatic rings. The van der Waals surface area contributed by atoms with Gasteiger partial charge in [-0.25, -0.2) is 9.79 Å². The topological polar surface area (TPSA) is 95.5 Å². The first kappa shape index (κ1) is 26.3. The predicted octanol–water partition coefficient (Wildman–Crippen LogP) is 3.25. The average molecular weight is 526 g/mol. The summed E-state index contributed by atoms with van der Waals surface area (Å²) in [5.74, 6) is 1.83. The molecule has 1 atom stereocenters. The SMILES string of the molecule is CCOC(=O)C1=C(C)N=c2s/c(=C\c3ccc(N(C)C)o3)c(=O)n2[C@H]1c1ccc(OCC)c(OCC)c1. The van der Waals surface area contributed by atoms with Crippen LogP contribution < -0.4 is 29.3 Å². The van der Waals surface area contributed by atoms with Gasteiger partial charge >= 0.3 is 5.97 Å². The fraction of sp³-hybridized carbons (Fsp3) is 0.370. The van der Waals surface area contributed by atoms with Crippen molar-refractivity contribution in [3.8, 4) is 11.5 Å². The molecule has 196 valence electrons. The summed E-state index contributed by atoms with van der Waals surface area (Å²) in [4.78, 5) is 33.8. The van der Waals surface area contributed by atoms with Crippen LogP contribution in [0.25, 0.3) is 6.08 Å². The molecule has 3 aromatic rings. The van der Waals surface area contributed by atoms with Gasteiger partial charge in [-0.1, -0.05) is 17.4 Å². The van der Waals surface area contributed by atoms with E-state index in [1.54, 1.807) is 32.1 Å². The van der Waals surface area contributed by atoms with E-state index >= 15 is 0 Å². The summed E-state index contributed by atoms with van der Waals surface area (Å²) in [5, 5.41) is 0. The van der Waals surface area contributed by atoms with Crippen molar-refractivity contribution >= 4 is 29.3 Å². The van der Waals surface area contributed by atoms with E-state index in [-0.39, 0.29) is 12.2 Å². The molecule has 0 saturated heterocycles. The lowest BCUT2D eigenvalue weighted by Crippen LogP contribution is -2.40. The van der Waals surface area contributed by atoms with Crippen molar-refractivity contribution in [3.63, 3.8) is 0 Å². The number of hydrogen-bond acceptors (Lipinski definition) is 9. The van der Waals surface area contributed by atoms with Gasteiger partial charge in [0.2, 0.25) is 0 Å². The van der Waals surface area contributed by atoms with Crippen LogP contribution in [0.5, 0.6) is 11.5 Å². The van der Waals surface area contributed by atoms with Crippen LogP contribution in [0.2, 0.25) is 0 Å². The molecule has 0 spiro atoms. The van der Waals surface area contributed by atoms with Crippen LogP contribution in [0.3, 0.4) is 0 Å². The third kappa shape index (κ3) is 5.20. The van der Waals surface area contributed by atoms with E-state index in [9.17, 15) is 9.59 Å². The molecule has 0 bridgehead atoms. The molecule has 37 heavy (non-hydrogen) atoms. The number of allylic oxidation sites excluding steroid dienone is 1. The highest BCUT2D eigenvalue weighted by atomic mass is 32.1. The van der Waals surface area contributed by atoms with Crippen molar-refractivity contribution in [2.75, 3.05) is 38.8 Å². The average Bonchev–Trinajstić information content (AvgIpc) is 3.44. The fourth-order valence-electron chi connectivity index (χ4n) is 4.13. The van der Waals surface area contributed by atoms with E-state index < -0.39 is 12.0 Å². The number of esters is 1. The molecule has 1 aromatic carbocycles. The van der Waals surface area contributed by atoms with Crippen LogP contribution in [-0.4, -0.2) is 44.5 Å². The van der Waals surface area contributed by atoms with Gasteiger partial charge in [-0.2, -0.15) is 0 Å². The molecule has 4 rings (SSSR count). The number of benzene rings is 1. The van der Waals surface area contributed by atoms with Gasteiger partial charge in [-0.15, -0.1) is 0 Å². The van der Waals surface area contributed by atoms with Crippen molar-refractivity contribution in [1.29, 1.82) is 0 Å². The number of ether oxygens (including phenoxy) is 3. The number of hydrogen-bond donors (Lipinski definition) is 0. The maximum absolute atomic E-state index is 13.8. The molecule has 2 aromatic heterocycles. The summed E-state index contributed by atoms with van der Waals surface area (Å²) >= 11 is 1.24. The van der Waals surface area contributed by atoms with Gasteiger partial charge in [0.25, 0.3) is 5.56 Å². The maximum atomic E-state index is 13.8. The van der Waals surface area contributed by atoms with Gasteiger partial charge in [0.15, 0.2) is 22.2 Å². The maximum Gasteiger partial charge on any atom is 0.338 e. The standard InChI is InChI=1S/C27H31N3O6S/c1-7-33-19-12-10-17(14-20(19)34-8-2)24-23(26(32)35-9-3)16(4)28-27-30(24)25(31)21(37-27)15-18-11-13-22(36-18)29(5)6/h10-15,24H,7-9H2,1-6H3/b21-15-/t24-/m0/s1. The number of anilines is 1. The molecular formula is C27H31N3O6S. The second-order valence-corrected chi connectivity index (χ2v) is 9.45. The van der Waals surface area contributed by atoms with E-state index in [1.807, 2.05) is 51.0 Å². The van der Waals surface area contributed by atoms with Gasteiger partial charge in [-0.3, -0.25) is 9.36 Å². The molecule has 0 unspecified atom stereocenters. The quantitative estimate of drug-likeness (QED) is 0.396. The largest absolute Gasteiger partial charge is 0.490 e. The van der Waals surface area contributed by atoms with Crippen molar-refractivity contribution in [2.45, 2.75) is 33.7 Å². The van der Waals surface area contributed by atoms with Crippen molar-refractivity contribution in [1.82, 2.24) is 4.57 Å². The highest BCUT2D eigenvalue weighted by Gasteiger charge is 2.34. The number of carbonyl (C=O) groups is 1. The van der Waals surface area contributed by atoms with Gasteiger partial charge in [0.05, 0.1) is 41.7 Å². The molecule has 0 radical (unpaired) electrons. The summed E-state index contributed by atoms with van der Waals surface area (Å²) < 4.78 is 24.7. The summed E-state index contributed by atoms with van der Waals surface area (Å²) in [6.07, 6.45) is 1.70. The zero-order valence-electron chi connectivity index (χ0n) is 21.9. The van der Waals surface area contributed by atoms with Crippen molar-refractivity contribution < 1.29 is 23.4 Å². The van der Waals surface area contributed by atoms with Crippen LogP contribution in [0.15, 0.2) is 55.8 Å². The minimum Gasteiger partial charge on any atom is -0.490 e. The Bertz CT molecular complexity index is 1510. The predicted molar refractivity (Wildman–Crippen MR) is 142 cm³/mol. The molecule has 0 fully saturated rings.